The number of aryl methyl sites for hydroxylation is 1. The maximum absolute atomic E-state index is 13.0. The Kier molecular flexibility index (Phi) is 5.98. The maximum atomic E-state index is 13.0. The van der Waals surface area contributed by atoms with Gasteiger partial charge in [0.15, 0.2) is 0 Å². The van der Waals surface area contributed by atoms with Gasteiger partial charge in [-0.2, -0.15) is 13.2 Å². The third-order valence-electron chi connectivity index (χ3n) is 5.10. The first-order valence-corrected chi connectivity index (χ1v) is 9.47. The summed E-state index contributed by atoms with van der Waals surface area (Å²) in [5, 5.41) is 10.8. The molecular weight excluding hydrogens is 381 g/mol. The molecule has 0 bridgehead atoms. The number of rotatable bonds is 7. The maximum Gasteiger partial charge on any atom is 0.416 e. The van der Waals surface area contributed by atoms with Crippen molar-refractivity contribution < 1.29 is 23.1 Å². The molecule has 0 radical (unpaired) electrons. The third-order valence-corrected chi connectivity index (χ3v) is 5.10. The van der Waals surface area contributed by atoms with Crippen molar-refractivity contribution in [3.8, 4) is 0 Å². The Labute approximate surface area is 167 Å². The second-order valence-corrected chi connectivity index (χ2v) is 6.89. The molecule has 3 aromatic rings. The molecular formula is C22H23F3N2O2. The van der Waals surface area contributed by atoms with E-state index >= 15 is 0 Å². The number of carbonyl (C=O) groups is 1. The van der Waals surface area contributed by atoms with Crippen molar-refractivity contribution in [1.82, 2.24) is 9.47 Å². The number of para-hydroxylation sites is 1. The van der Waals surface area contributed by atoms with Crippen molar-refractivity contribution in [3.05, 3.63) is 71.4 Å². The molecule has 1 heterocycles. The fourth-order valence-electron chi connectivity index (χ4n) is 3.71. The molecule has 3 rings (SSSR count). The molecule has 29 heavy (non-hydrogen) atoms. The topological polar surface area (TPSA) is 45.5 Å². The van der Waals surface area contributed by atoms with Crippen LogP contribution in [0, 0.1) is 0 Å². The lowest BCUT2D eigenvalue weighted by Gasteiger charge is -2.28. The Morgan fingerprint density at radius 1 is 1.14 bits per heavy atom. The molecule has 1 atom stereocenters. The lowest BCUT2D eigenvalue weighted by atomic mass is 10.0. The highest BCUT2D eigenvalue weighted by Crippen LogP contribution is 2.33. The highest BCUT2D eigenvalue weighted by molar-refractivity contribution is 5.89. The largest absolute Gasteiger partial charge is 0.480 e. The van der Waals surface area contributed by atoms with Gasteiger partial charge < -0.3 is 9.67 Å². The van der Waals surface area contributed by atoms with Gasteiger partial charge in [-0.3, -0.25) is 9.69 Å². The van der Waals surface area contributed by atoms with Gasteiger partial charge in [0.05, 0.1) is 5.56 Å². The Bertz CT molecular complexity index is 1010. The van der Waals surface area contributed by atoms with Crippen LogP contribution >= 0.6 is 0 Å². The predicted molar refractivity (Wildman–Crippen MR) is 106 cm³/mol. The first-order valence-electron chi connectivity index (χ1n) is 9.47. The van der Waals surface area contributed by atoms with E-state index in [-0.39, 0.29) is 6.54 Å². The van der Waals surface area contributed by atoms with E-state index in [4.69, 9.17) is 0 Å². The first kappa shape index (κ1) is 20.9. The van der Waals surface area contributed by atoms with Gasteiger partial charge in [-0.25, -0.2) is 0 Å². The van der Waals surface area contributed by atoms with Crippen LogP contribution in [0.15, 0.2) is 54.7 Å². The van der Waals surface area contributed by atoms with Crippen molar-refractivity contribution >= 4 is 16.9 Å². The molecule has 7 heteroatoms. The lowest BCUT2D eigenvalue weighted by Crippen LogP contribution is -2.33. The minimum Gasteiger partial charge on any atom is -0.480 e. The van der Waals surface area contributed by atoms with Crippen LogP contribution in [0.3, 0.4) is 0 Å². The summed E-state index contributed by atoms with van der Waals surface area (Å²) in [7, 11) is 0. The van der Waals surface area contributed by atoms with Crippen LogP contribution in [0.2, 0.25) is 0 Å². The quantitative estimate of drug-likeness (QED) is 0.579. The molecule has 0 saturated heterocycles. The Morgan fingerprint density at radius 3 is 2.48 bits per heavy atom. The zero-order valence-electron chi connectivity index (χ0n) is 16.3. The van der Waals surface area contributed by atoms with E-state index in [9.17, 15) is 23.1 Å². The Morgan fingerprint density at radius 2 is 1.86 bits per heavy atom. The number of carboxylic acid groups (broad SMARTS) is 1. The van der Waals surface area contributed by atoms with Crippen LogP contribution in [0.5, 0.6) is 0 Å². The smallest absolute Gasteiger partial charge is 0.416 e. The number of fused-ring (bicyclic) bond motifs is 1. The van der Waals surface area contributed by atoms with Crippen LogP contribution in [0.4, 0.5) is 13.2 Å². The van der Waals surface area contributed by atoms with Crippen molar-refractivity contribution in [2.75, 3.05) is 6.54 Å². The van der Waals surface area contributed by atoms with E-state index < -0.39 is 23.8 Å². The molecule has 0 spiro atoms. The summed E-state index contributed by atoms with van der Waals surface area (Å²) >= 11 is 0. The average Bonchev–Trinajstić information content (AvgIpc) is 3.05. The monoisotopic (exact) mass is 404 g/mol. The summed E-state index contributed by atoms with van der Waals surface area (Å²) in [6.07, 6.45) is -2.61. The highest BCUT2D eigenvalue weighted by Gasteiger charge is 2.32. The number of nitrogens with zero attached hydrogens (tertiary/aromatic N) is 2. The van der Waals surface area contributed by atoms with Gasteiger partial charge in [0.2, 0.25) is 0 Å². The zero-order chi connectivity index (χ0) is 21.2. The van der Waals surface area contributed by atoms with E-state index in [0.717, 1.165) is 23.0 Å². The predicted octanol–water partition coefficient (Wildman–Crippen LogP) is 5.33. The molecule has 0 aliphatic heterocycles. The summed E-state index contributed by atoms with van der Waals surface area (Å²) in [6, 6.07) is 11.6. The van der Waals surface area contributed by atoms with E-state index in [1.807, 2.05) is 48.9 Å². The fourth-order valence-corrected chi connectivity index (χ4v) is 3.71. The van der Waals surface area contributed by atoms with Gasteiger partial charge in [-0.1, -0.05) is 43.3 Å². The summed E-state index contributed by atoms with van der Waals surface area (Å²) in [6.45, 7) is 4.95. The summed E-state index contributed by atoms with van der Waals surface area (Å²) in [5.74, 6) is -1.03. The van der Waals surface area contributed by atoms with Crippen LogP contribution in [-0.4, -0.2) is 27.1 Å². The van der Waals surface area contributed by atoms with Gasteiger partial charge in [0.1, 0.15) is 6.04 Å². The van der Waals surface area contributed by atoms with E-state index in [2.05, 4.69) is 0 Å². The number of aliphatic carboxylic acids is 1. The van der Waals surface area contributed by atoms with Crippen LogP contribution in [-0.2, 0) is 24.1 Å². The molecule has 154 valence electrons. The Balaban J connectivity index is 2.02. The highest BCUT2D eigenvalue weighted by atomic mass is 19.4. The normalized spacial score (nSPS) is 13.2. The number of carboxylic acids is 1. The molecule has 4 nitrogen and oxygen atoms in total. The van der Waals surface area contributed by atoms with Crippen molar-refractivity contribution in [1.29, 1.82) is 0 Å². The molecule has 0 amide bonds. The van der Waals surface area contributed by atoms with Gasteiger partial charge in [-0.05, 0) is 31.2 Å². The molecule has 0 saturated carbocycles. The van der Waals surface area contributed by atoms with Crippen molar-refractivity contribution in [2.45, 2.75) is 39.2 Å². The molecule has 0 aliphatic rings. The minimum absolute atomic E-state index is 0.100. The number of halogens is 3. The van der Waals surface area contributed by atoms with E-state index in [1.54, 1.807) is 11.0 Å². The van der Waals surface area contributed by atoms with E-state index in [0.29, 0.717) is 24.2 Å². The van der Waals surface area contributed by atoms with E-state index in [1.165, 1.54) is 6.07 Å². The van der Waals surface area contributed by atoms with Crippen LogP contribution in [0.25, 0.3) is 10.9 Å². The number of likely N-dealkylation sites (N-methyl/N-ethyl adjacent to an activating group) is 1. The second kappa shape index (κ2) is 8.29. The van der Waals surface area contributed by atoms with Crippen LogP contribution in [0.1, 0.15) is 36.6 Å². The van der Waals surface area contributed by atoms with Gasteiger partial charge in [0, 0.05) is 35.8 Å². The van der Waals surface area contributed by atoms with Gasteiger partial charge >= 0.3 is 12.1 Å². The summed E-state index contributed by atoms with van der Waals surface area (Å²) in [5.41, 5.74) is 1.27. The van der Waals surface area contributed by atoms with Gasteiger partial charge in [0.25, 0.3) is 0 Å². The molecule has 1 aromatic heterocycles. The Hall–Kier alpha value is -2.80. The summed E-state index contributed by atoms with van der Waals surface area (Å²) in [4.78, 5) is 13.9. The molecule has 1 unspecified atom stereocenters. The number of aromatic nitrogens is 1. The molecule has 0 aliphatic carbocycles. The standard InChI is InChI=1S/C22H23F3N2O2/c1-3-26-14-18(17-10-5-6-11-19(17)26)20(21(28)29)27(4-2)13-15-8-7-9-16(12-15)22(23,24)25/h5-12,14,20H,3-4,13H2,1-2H3,(H,28,29). The SMILES string of the molecule is CCN(Cc1cccc(C(F)(F)F)c1)C(C(=O)O)c1cn(CC)c2ccccc12. The first-order chi connectivity index (χ1) is 13.8. The number of benzene rings is 2. The zero-order valence-corrected chi connectivity index (χ0v) is 16.3. The van der Waals surface area contributed by atoms with Crippen molar-refractivity contribution in [3.63, 3.8) is 0 Å². The second-order valence-electron chi connectivity index (χ2n) is 6.89. The fraction of sp³-hybridized carbons (Fsp3) is 0.318. The number of hydrogen-bond donors (Lipinski definition) is 1. The number of alkyl halides is 3. The van der Waals surface area contributed by atoms with Crippen LogP contribution < -0.4 is 0 Å². The number of hydrogen-bond acceptors (Lipinski definition) is 2. The van der Waals surface area contributed by atoms with Crippen molar-refractivity contribution in [2.24, 2.45) is 0 Å². The third kappa shape index (κ3) is 4.29. The molecule has 2 aromatic carbocycles. The lowest BCUT2D eigenvalue weighted by molar-refractivity contribution is -0.144. The summed E-state index contributed by atoms with van der Waals surface area (Å²) < 4.78 is 41.1. The average molecular weight is 404 g/mol. The molecule has 0 fully saturated rings. The minimum atomic E-state index is -4.44. The van der Waals surface area contributed by atoms with Gasteiger partial charge in [-0.15, -0.1) is 0 Å². The molecule has 1 N–H and O–H groups in total.